The highest BCUT2D eigenvalue weighted by atomic mass is 32.1. The Labute approximate surface area is 117 Å². The Hall–Kier alpha value is -1.83. The summed E-state index contributed by atoms with van der Waals surface area (Å²) < 4.78 is 37.8. The lowest BCUT2D eigenvalue weighted by Crippen LogP contribution is -2.12. The second-order valence-electron chi connectivity index (χ2n) is 4.07. The van der Waals surface area contributed by atoms with E-state index in [0.29, 0.717) is 6.54 Å². The molecule has 3 N–H and O–H groups in total. The third-order valence-electron chi connectivity index (χ3n) is 2.54. The molecule has 0 aliphatic carbocycles. The fraction of sp³-hybridized carbons (Fsp3) is 0.333. The summed E-state index contributed by atoms with van der Waals surface area (Å²) >= 11 is 1.61. The van der Waals surface area contributed by atoms with Crippen LogP contribution >= 0.6 is 11.3 Å². The van der Waals surface area contributed by atoms with Gasteiger partial charge in [-0.15, -0.1) is 11.3 Å². The molecular formula is C12H13F3N4S. The van der Waals surface area contributed by atoms with Crippen molar-refractivity contribution in [3.63, 3.8) is 0 Å². The molecule has 2 aromatic heterocycles. The van der Waals surface area contributed by atoms with E-state index in [1.54, 1.807) is 11.3 Å². The normalized spacial score (nSPS) is 11.6. The average Bonchev–Trinajstić information content (AvgIpc) is 2.82. The Bertz CT molecular complexity index is 595. The van der Waals surface area contributed by atoms with Crippen LogP contribution in [0.1, 0.15) is 22.4 Å². The highest BCUT2D eigenvalue weighted by Crippen LogP contribution is 2.29. The molecule has 2 rings (SSSR count). The molecule has 0 amide bonds. The van der Waals surface area contributed by atoms with E-state index in [4.69, 9.17) is 5.73 Å². The molecule has 0 atom stereocenters. The van der Waals surface area contributed by atoms with Gasteiger partial charge in [-0.2, -0.15) is 18.2 Å². The van der Waals surface area contributed by atoms with Crippen molar-refractivity contribution < 1.29 is 13.2 Å². The fourth-order valence-electron chi connectivity index (χ4n) is 1.59. The first-order valence-electron chi connectivity index (χ1n) is 5.91. The van der Waals surface area contributed by atoms with E-state index in [0.717, 1.165) is 17.4 Å². The van der Waals surface area contributed by atoms with Crippen molar-refractivity contribution in [3.8, 4) is 0 Å². The largest absolute Gasteiger partial charge is 0.433 e. The summed E-state index contributed by atoms with van der Waals surface area (Å²) in [5, 5.41) is 2.83. The lowest BCUT2D eigenvalue weighted by Gasteiger charge is -2.09. The van der Waals surface area contributed by atoms with Gasteiger partial charge in [-0.25, -0.2) is 4.98 Å². The van der Waals surface area contributed by atoms with Crippen LogP contribution in [0.2, 0.25) is 0 Å². The zero-order chi connectivity index (χ0) is 14.8. The molecule has 2 heterocycles. The van der Waals surface area contributed by atoms with E-state index >= 15 is 0 Å². The molecule has 4 nitrogen and oxygen atoms in total. The number of anilines is 2. The van der Waals surface area contributed by atoms with Crippen LogP contribution in [0.3, 0.4) is 0 Å². The van der Waals surface area contributed by atoms with Crippen molar-refractivity contribution in [2.75, 3.05) is 11.1 Å². The molecule has 0 aliphatic heterocycles. The topological polar surface area (TPSA) is 63.8 Å². The van der Waals surface area contributed by atoms with Crippen molar-refractivity contribution in [3.05, 3.63) is 33.6 Å². The predicted molar refractivity (Wildman–Crippen MR) is 72.5 cm³/mol. The fourth-order valence-corrected chi connectivity index (χ4v) is 2.48. The van der Waals surface area contributed by atoms with E-state index in [1.807, 2.05) is 19.1 Å². The SMILES string of the molecule is CCc1ccc(CNc2cc(C(F)(F)F)nc(N)n2)s1. The van der Waals surface area contributed by atoms with Gasteiger partial charge in [0.25, 0.3) is 0 Å². The first-order chi connectivity index (χ1) is 9.38. The van der Waals surface area contributed by atoms with Crippen LogP contribution in [-0.2, 0) is 19.1 Å². The summed E-state index contributed by atoms with van der Waals surface area (Å²) in [7, 11) is 0. The molecule has 108 valence electrons. The van der Waals surface area contributed by atoms with Crippen molar-refractivity contribution in [2.45, 2.75) is 26.1 Å². The Morgan fingerprint density at radius 3 is 2.55 bits per heavy atom. The lowest BCUT2D eigenvalue weighted by molar-refractivity contribution is -0.141. The van der Waals surface area contributed by atoms with Gasteiger partial charge in [-0.1, -0.05) is 6.92 Å². The summed E-state index contributed by atoms with van der Waals surface area (Å²) in [5.41, 5.74) is 4.24. The van der Waals surface area contributed by atoms with Crippen LogP contribution in [0.4, 0.5) is 24.9 Å². The predicted octanol–water partition coefficient (Wildman–Crippen LogP) is 3.31. The number of rotatable bonds is 4. The standard InChI is InChI=1S/C12H13F3N4S/c1-2-7-3-4-8(20-7)6-17-10-5-9(12(13,14)15)18-11(16)19-10/h3-5H,2,6H2,1H3,(H3,16,17,18,19). The number of thiophene rings is 1. The molecule has 8 heteroatoms. The lowest BCUT2D eigenvalue weighted by atomic mass is 10.3. The average molecular weight is 302 g/mol. The zero-order valence-corrected chi connectivity index (χ0v) is 11.5. The van der Waals surface area contributed by atoms with Crippen molar-refractivity contribution in [1.29, 1.82) is 0 Å². The number of hydrogen-bond acceptors (Lipinski definition) is 5. The van der Waals surface area contributed by atoms with Gasteiger partial charge < -0.3 is 11.1 Å². The maximum Gasteiger partial charge on any atom is 0.433 e. The Morgan fingerprint density at radius 2 is 1.95 bits per heavy atom. The summed E-state index contributed by atoms with van der Waals surface area (Å²) in [6, 6.07) is 4.79. The Kier molecular flexibility index (Phi) is 4.12. The Balaban J connectivity index is 2.11. The van der Waals surface area contributed by atoms with Gasteiger partial charge in [0, 0.05) is 15.8 Å². The number of nitrogens with zero attached hydrogens (tertiary/aromatic N) is 2. The number of nitrogens with two attached hydrogens (primary N) is 1. The van der Waals surface area contributed by atoms with Crippen LogP contribution in [0.15, 0.2) is 18.2 Å². The summed E-state index contributed by atoms with van der Waals surface area (Å²) in [5.74, 6) is -0.334. The number of alkyl halides is 3. The molecule has 2 aromatic rings. The summed E-state index contributed by atoms with van der Waals surface area (Å²) in [6.07, 6.45) is -3.60. The van der Waals surface area contributed by atoms with Gasteiger partial charge in [0.15, 0.2) is 5.69 Å². The molecular weight excluding hydrogens is 289 g/mol. The minimum atomic E-state index is -4.54. The van der Waals surface area contributed by atoms with Crippen molar-refractivity contribution >= 4 is 23.1 Å². The molecule has 0 saturated heterocycles. The highest BCUT2D eigenvalue weighted by Gasteiger charge is 2.33. The van der Waals surface area contributed by atoms with E-state index in [1.165, 1.54) is 4.88 Å². The first kappa shape index (κ1) is 14.6. The number of aromatic nitrogens is 2. The van der Waals surface area contributed by atoms with Crippen molar-refractivity contribution in [2.24, 2.45) is 0 Å². The monoisotopic (exact) mass is 302 g/mol. The van der Waals surface area contributed by atoms with Gasteiger partial charge in [0.2, 0.25) is 5.95 Å². The maximum atomic E-state index is 12.6. The van der Waals surface area contributed by atoms with Gasteiger partial charge in [0.05, 0.1) is 6.54 Å². The number of halogens is 3. The van der Waals surface area contributed by atoms with Crippen molar-refractivity contribution in [1.82, 2.24) is 9.97 Å². The van der Waals surface area contributed by atoms with Crippen LogP contribution < -0.4 is 11.1 Å². The van der Waals surface area contributed by atoms with Crippen LogP contribution in [0.25, 0.3) is 0 Å². The number of hydrogen-bond donors (Lipinski definition) is 2. The molecule has 0 saturated carbocycles. The van der Waals surface area contributed by atoms with Gasteiger partial charge >= 0.3 is 6.18 Å². The smallest absolute Gasteiger partial charge is 0.368 e. The van der Waals surface area contributed by atoms with Crippen LogP contribution in [-0.4, -0.2) is 9.97 Å². The first-order valence-corrected chi connectivity index (χ1v) is 6.73. The van der Waals surface area contributed by atoms with E-state index in [-0.39, 0.29) is 5.82 Å². The molecule has 20 heavy (non-hydrogen) atoms. The second kappa shape index (κ2) is 5.66. The quantitative estimate of drug-likeness (QED) is 0.909. The third kappa shape index (κ3) is 3.60. The summed E-state index contributed by atoms with van der Waals surface area (Å²) in [6.45, 7) is 2.45. The summed E-state index contributed by atoms with van der Waals surface area (Å²) in [4.78, 5) is 9.17. The Morgan fingerprint density at radius 1 is 1.25 bits per heavy atom. The molecule has 0 radical (unpaired) electrons. The molecule has 0 fully saturated rings. The van der Waals surface area contributed by atoms with Gasteiger partial charge in [-0.3, -0.25) is 0 Å². The number of nitrogen functional groups attached to an aromatic ring is 1. The third-order valence-corrected chi connectivity index (χ3v) is 3.77. The van der Waals surface area contributed by atoms with E-state index in [9.17, 15) is 13.2 Å². The number of nitrogens with one attached hydrogen (secondary N) is 1. The van der Waals surface area contributed by atoms with Crippen LogP contribution in [0, 0.1) is 0 Å². The molecule has 0 bridgehead atoms. The molecule has 0 aliphatic rings. The maximum absolute atomic E-state index is 12.6. The zero-order valence-electron chi connectivity index (χ0n) is 10.7. The van der Waals surface area contributed by atoms with Crippen LogP contribution in [0.5, 0.6) is 0 Å². The minimum absolute atomic E-state index is 0.0660. The van der Waals surface area contributed by atoms with Gasteiger partial charge in [0.1, 0.15) is 5.82 Å². The highest BCUT2D eigenvalue weighted by molar-refractivity contribution is 7.12. The van der Waals surface area contributed by atoms with Gasteiger partial charge in [-0.05, 0) is 18.6 Å². The second-order valence-corrected chi connectivity index (χ2v) is 5.32. The number of aryl methyl sites for hydroxylation is 1. The van der Waals surface area contributed by atoms with E-state index in [2.05, 4.69) is 15.3 Å². The molecule has 0 spiro atoms. The molecule has 0 unspecified atom stereocenters. The minimum Gasteiger partial charge on any atom is -0.368 e. The van der Waals surface area contributed by atoms with E-state index < -0.39 is 17.8 Å². The molecule has 0 aromatic carbocycles.